The van der Waals surface area contributed by atoms with Gasteiger partial charge in [-0.2, -0.15) is 13.2 Å². The third kappa shape index (κ3) is 3.01. The zero-order valence-corrected chi connectivity index (χ0v) is 9.26. The largest absolute Gasteiger partial charge is 0.493 e. The minimum absolute atomic E-state index is 0.0125. The molecule has 1 aromatic carbocycles. The molecule has 0 aromatic heterocycles. The molecule has 4 nitrogen and oxygen atoms in total. The Morgan fingerprint density at radius 2 is 1.71 bits per heavy atom. The smallest absolute Gasteiger partial charge is 0.416 e. The second-order valence-corrected chi connectivity index (χ2v) is 3.20. The summed E-state index contributed by atoms with van der Waals surface area (Å²) < 4.78 is 47.8. The predicted octanol–water partition coefficient (Wildman–Crippen LogP) is 2.20. The van der Waals surface area contributed by atoms with Crippen molar-refractivity contribution in [3.63, 3.8) is 0 Å². The van der Waals surface area contributed by atoms with E-state index in [1.54, 1.807) is 5.48 Å². The van der Waals surface area contributed by atoms with Gasteiger partial charge < -0.3 is 14.7 Å². The van der Waals surface area contributed by atoms with Gasteiger partial charge in [-0.15, -0.1) is 0 Å². The lowest BCUT2D eigenvalue weighted by Crippen LogP contribution is -2.15. The summed E-state index contributed by atoms with van der Waals surface area (Å²) in [4.78, 5) is 0. The zero-order chi connectivity index (χ0) is 13.1. The Labute approximate surface area is 95.9 Å². The highest BCUT2D eigenvalue weighted by molar-refractivity contribution is 5.48. The fraction of sp³-hybridized carbons (Fsp3) is 0.400. The van der Waals surface area contributed by atoms with E-state index < -0.39 is 11.7 Å². The molecule has 0 spiro atoms. The van der Waals surface area contributed by atoms with Gasteiger partial charge in [0.1, 0.15) is 0 Å². The first-order chi connectivity index (χ1) is 7.93. The Balaban J connectivity index is 3.35. The van der Waals surface area contributed by atoms with Crippen molar-refractivity contribution >= 4 is 0 Å². The highest BCUT2D eigenvalue weighted by atomic mass is 19.4. The van der Waals surface area contributed by atoms with Gasteiger partial charge in [-0.1, -0.05) is 0 Å². The molecule has 0 aliphatic carbocycles. The minimum atomic E-state index is -4.52. The highest BCUT2D eigenvalue weighted by Gasteiger charge is 2.34. The Morgan fingerprint density at radius 1 is 1.18 bits per heavy atom. The molecule has 7 heteroatoms. The van der Waals surface area contributed by atoms with Gasteiger partial charge in [-0.25, -0.2) is 5.48 Å². The summed E-state index contributed by atoms with van der Waals surface area (Å²) in [6.07, 6.45) is -4.52. The molecule has 1 rings (SSSR count). The first-order valence-corrected chi connectivity index (χ1v) is 4.63. The lowest BCUT2D eigenvalue weighted by molar-refractivity contribution is -0.138. The van der Waals surface area contributed by atoms with Gasteiger partial charge in [-0.3, -0.25) is 0 Å². The van der Waals surface area contributed by atoms with Crippen LogP contribution in [0.1, 0.15) is 11.1 Å². The van der Waals surface area contributed by atoms with E-state index in [4.69, 9.17) is 14.7 Å². The molecule has 0 aliphatic rings. The van der Waals surface area contributed by atoms with Crippen LogP contribution in [-0.2, 0) is 12.7 Å². The van der Waals surface area contributed by atoms with Crippen LogP contribution >= 0.6 is 0 Å². The number of hydrogen-bond acceptors (Lipinski definition) is 4. The molecule has 0 heterocycles. The second-order valence-electron chi connectivity index (χ2n) is 3.20. The monoisotopic (exact) mass is 251 g/mol. The molecule has 2 N–H and O–H groups in total. The summed E-state index contributed by atoms with van der Waals surface area (Å²) in [6.45, 7) is -0.338. The van der Waals surface area contributed by atoms with Crippen molar-refractivity contribution in [1.29, 1.82) is 0 Å². The van der Waals surface area contributed by atoms with Crippen LogP contribution in [0, 0.1) is 0 Å². The van der Waals surface area contributed by atoms with E-state index in [-0.39, 0.29) is 23.6 Å². The van der Waals surface area contributed by atoms with Crippen molar-refractivity contribution in [2.45, 2.75) is 12.7 Å². The molecule has 17 heavy (non-hydrogen) atoms. The molecule has 0 saturated heterocycles. The van der Waals surface area contributed by atoms with Crippen molar-refractivity contribution in [2.24, 2.45) is 0 Å². The predicted molar refractivity (Wildman–Crippen MR) is 53.2 cm³/mol. The Morgan fingerprint density at radius 3 is 2.12 bits per heavy atom. The van der Waals surface area contributed by atoms with Crippen molar-refractivity contribution in [3.8, 4) is 11.5 Å². The van der Waals surface area contributed by atoms with Crippen LogP contribution in [0.2, 0.25) is 0 Å². The van der Waals surface area contributed by atoms with Gasteiger partial charge in [0.05, 0.1) is 19.8 Å². The molecule has 0 fully saturated rings. The van der Waals surface area contributed by atoms with Gasteiger partial charge >= 0.3 is 6.18 Å². The third-order valence-corrected chi connectivity index (χ3v) is 2.18. The van der Waals surface area contributed by atoms with Crippen LogP contribution in [0.3, 0.4) is 0 Å². The summed E-state index contributed by atoms with van der Waals surface area (Å²) in [5, 5.41) is 8.51. The van der Waals surface area contributed by atoms with Crippen molar-refractivity contribution in [1.82, 2.24) is 5.48 Å². The number of halogens is 3. The summed E-state index contributed by atoms with van der Waals surface area (Å²) in [6, 6.07) is 2.01. The third-order valence-electron chi connectivity index (χ3n) is 2.18. The first kappa shape index (κ1) is 13.6. The zero-order valence-electron chi connectivity index (χ0n) is 9.26. The first-order valence-electron chi connectivity index (χ1n) is 4.63. The number of hydrogen-bond donors (Lipinski definition) is 2. The Bertz CT molecular complexity index is 393. The lowest BCUT2D eigenvalue weighted by Gasteiger charge is -2.16. The highest BCUT2D eigenvalue weighted by Crippen LogP contribution is 2.38. The number of benzene rings is 1. The molecule has 96 valence electrons. The Hall–Kier alpha value is -1.47. The van der Waals surface area contributed by atoms with E-state index >= 15 is 0 Å². The number of hydroxylamine groups is 1. The van der Waals surface area contributed by atoms with E-state index in [1.807, 2.05) is 0 Å². The normalized spacial score (nSPS) is 11.4. The molecule has 0 saturated carbocycles. The van der Waals surface area contributed by atoms with E-state index in [1.165, 1.54) is 20.3 Å². The Kier molecular flexibility index (Phi) is 4.19. The van der Waals surface area contributed by atoms with Gasteiger partial charge in [0.2, 0.25) is 0 Å². The van der Waals surface area contributed by atoms with Crippen LogP contribution in [0.15, 0.2) is 12.1 Å². The molecule has 0 unspecified atom stereocenters. The standard InChI is InChI=1S/C10H12F3NO3/c1-16-8-3-6(5-14-15)7(10(11,12)13)4-9(8)17-2/h3-4,14-15H,5H2,1-2H3. The SMILES string of the molecule is COc1cc(CNO)c(C(F)(F)F)cc1OC. The number of methoxy groups -OCH3 is 2. The van der Waals surface area contributed by atoms with Gasteiger partial charge in [0.25, 0.3) is 0 Å². The van der Waals surface area contributed by atoms with Crippen molar-refractivity contribution < 1.29 is 27.9 Å². The fourth-order valence-corrected chi connectivity index (χ4v) is 1.42. The van der Waals surface area contributed by atoms with Crippen LogP contribution in [0.4, 0.5) is 13.2 Å². The van der Waals surface area contributed by atoms with Crippen LogP contribution in [0.25, 0.3) is 0 Å². The lowest BCUT2D eigenvalue weighted by atomic mass is 10.1. The average Bonchev–Trinajstić information content (AvgIpc) is 2.27. The molecule has 0 bridgehead atoms. The van der Waals surface area contributed by atoms with Gasteiger partial charge in [0.15, 0.2) is 11.5 Å². The number of rotatable bonds is 4. The van der Waals surface area contributed by atoms with Crippen molar-refractivity contribution in [3.05, 3.63) is 23.3 Å². The maximum Gasteiger partial charge on any atom is 0.416 e. The van der Waals surface area contributed by atoms with E-state index in [0.29, 0.717) is 0 Å². The second kappa shape index (κ2) is 5.24. The van der Waals surface area contributed by atoms with Crippen LogP contribution < -0.4 is 15.0 Å². The maximum atomic E-state index is 12.7. The number of ether oxygens (including phenoxy) is 2. The minimum Gasteiger partial charge on any atom is -0.493 e. The molecular formula is C10H12F3NO3. The van der Waals surface area contributed by atoms with E-state index in [0.717, 1.165) is 6.07 Å². The summed E-state index contributed by atoms with van der Waals surface area (Å²) in [5.41, 5.74) is 0.684. The fourth-order valence-electron chi connectivity index (χ4n) is 1.42. The number of alkyl halides is 3. The molecule has 0 atom stereocenters. The quantitative estimate of drug-likeness (QED) is 0.805. The molecule has 0 aliphatic heterocycles. The summed E-state index contributed by atoms with van der Waals surface area (Å²) >= 11 is 0. The summed E-state index contributed by atoms with van der Waals surface area (Å²) in [5.74, 6) is 0.160. The molecule has 1 aromatic rings. The van der Waals surface area contributed by atoms with E-state index in [2.05, 4.69) is 0 Å². The molecular weight excluding hydrogens is 239 g/mol. The van der Waals surface area contributed by atoms with Crippen LogP contribution in [0.5, 0.6) is 11.5 Å². The summed E-state index contributed by atoms with van der Waals surface area (Å²) in [7, 11) is 2.57. The van der Waals surface area contributed by atoms with Crippen molar-refractivity contribution in [2.75, 3.05) is 14.2 Å². The van der Waals surface area contributed by atoms with Gasteiger partial charge in [0, 0.05) is 6.54 Å². The van der Waals surface area contributed by atoms with E-state index in [9.17, 15) is 13.2 Å². The number of nitrogens with one attached hydrogen (secondary N) is 1. The molecule has 0 radical (unpaired) electrons. The molecule has 0 amide bonds. The topological polar surface area (TPSA) is 50.7 Å². The van der Waals surface area contributed by atoms with Crippen LogP contribution in [-0.4, -0.2) is 19.4 Å². The average molecular weight is 251 g/mol. The maximum absolute atomic E-state index is 12.7. The van der Waals surface area contributed by atoms with Gasteiger partial charge in [-0.05, 0) is 17.7 Å².